The molecule has 0 unspecified atom stereocenters. The molecule has 1 aliphatic heterocycles. The second-order valence-electron chi connectivity index (χ2n) is 8.07. The van der Waals surface area contributed by atoms with Crippen LogP contribution in [-0.2, 0) is 0 Å². The van der Waals surface area contributed by atoms with Crippen LogP contribution in [0.2, 0.25) is 0 Å². The van der Waals surface area contributed by atoms with E-state index >= 15 is 0 Å². The molecule has 1 saturated carbocycles. The molecule has 154 valence electrons. The van der Waals surface area contributed by atoms with E-state index in [2.05, 4.69) is 21.4 Å². The summed E-state index contributed by atoms with van der Waals surface area (Å²) in [6, 6.07) is 10.2. The third-order valence-electron chi connectivity index (χ3n) is 6.06. The predicted octanol–water partition coefficient (Wildman–Crippen LogP) is 3.07. The summed E-state index contributed by atoms with van der Waals surface area (Å²) in [7, 11) is 0. The summed E-state index contributed by atoms with van der Waals surface area (Å²) in [5.41, 5.74) is 5.97. The average molecular weight is 403 g/mol. The molecule has 7 nitrogen and oxygen atoms in total. The van der Waals surface area contributed by atoms with Crippen molar-refractivity contribution < 1.29 is 10.2 Å². The van der Waals surface area contributed by atoms with Gasteiger partial charge >= 0.3 is 0 Å². The molecule has 30 heavy (non-hydrogen) atoms. The Balaban J connectivity index is 1.63. The average Bonchev–Trinajstić information content (AvgIpc) is 3.40. The number of nitrogens with zero attached hydrogens (tertiary/aromatic N) is 4. The summed E-state index contributed by atoms with van der Waals surface area (Å²) in [5, 5.41) is 21.8. The van der Waals surface area contributed by atoms with Crippen molar-refractivity contribution in [3.8, 4) is 22.6 Å². The lowest BCUT2D eigenvalue weighted by Gasteiger charge is -2.18. The van der Waals surface area contributed by atoms with Gasteiger partial charge in [0.05, 0.1) is 30.1 Å². The highest BCUT2D eigenvalue weighted by atomic mass is 16.3. The van der Waals surface area contributed by atoms with Crippen LogP contribution in [0, 0.1) is 6.92 Å². The van der Waals surface area contributed by atoms with Crippen LogP contribution in [0.25, 0.3) is 22.6 Å². The zero-order chi connectivity index (χ0) is 20.8. The molecule has 0 saturated heterocycles. The fourth-order valence-corrected chi connectivity index (χ4v) is 4.62. The van der Waals surface area contributed by atoms with Gasteiger partial charge in [-0.05, 0) is 49.6 Å². The van der Waals surface area contributed by atoms with Crippen molar-refractivity contribution >= 4 is 5.82 Å². The monoisotopic (exact) mass is 403 g/mol. The molecule has 5 rings (SSSR count). The maximum atomic E-state index is 9.65. The number of nitrogens with one attached hydrogen (secondary N) is 1. The van der Waals surface area contributed by atoms with Crippen molar-refractivity contribution in [2.75, 3.05) is 18.5 Å². The molecule has 0 aromatic carbocycles. The molecule has 1 aliphatic carbocycles. The van der Waals surface area contributed by atoms with Gasteiger partial charge in [-0.1, -0.05) is 12.6 Å². The summed E-state index contributed by atoms with van der Waals surface area (Å²) in [6.07, 6.45) is 3.10. The standard InChI is InChI=1S/C23H25N5O2/c1-13-4-3-5-18(26-13)21-22(28-19-7-6-17(14(19)2)23(28)27-21)15-8-9-24-20(10-15)25-11-16(30)12-29/h3-5,8-10,16-17,19,29-30H,2,6-7,11-12H2,1H3,(H,24,25)/t16-,17+,19-/m0/s1. The Hall–Kier alpha value is -3.03. The van der Waals surface area contributed by atoms with Crippen LogP contribution >= 0.6 is 0 Å². The van der Waals surface area contributed by atoms with E-state index in [-0.39, 0.29) is 19.2 Å². The number of aliphatic hydroxyl groups is 2. The topological polar surface area (TPSA) is 96.1 Å². The van der Waals surface area contributed by atoms with E-state index in [9.17, 15) is 5.11 Å². The first kappa shape index (κ1) is 19.0. The van der Waals surface area contributed by atoms with Gasteiger partial charge in [-0.3, -0.25) is 4.98 Å². The lowest BCUT2D eigenvalue weighted by atomic mass is 10.1. The first-order valence-electron chi connectivity index (χ1n) is 10.3. The second-order valence-corrected chi connectivity index (χ2v) is 8.07. The highest BCUT2D eigenvalue weighted by molar-refractivity contribution is 5.79. The van der Waals surface area contributed by atoms with E-state index in [0.717, 1.165) is 47.0 Å². The van der Waals surface area contributed by atoms with Crippen LogP contribution in [0.15, 0.2) is 48.7 Å². The number of aryl methyl sites for hydroxylation is 1. The molecule has 0 spiro atoms. The molecule has 3 aromatic heterocycles. The molecular formula is C23H25N5O2. The van der Waals surface area contributed by atoms with Gasteiger partial charge in [0.15, 0.2) is 0 Å². The van der Waals surface area contributed by atoms with E-state index < -0.39 is 6.10 Å². The van der Waals surface area contributed by atoms with Gasteiger partial charge in [0, 0.05) is 29.9 Å². The van der Waals surface area contributed by atoms with Gasteiger partial charge in [-0.15, -0.1) is 0 Å². The van der Waals surface area contributed by atoms with Gasteiger partial charge in [0.25, 0.3) is 0 Å². The van der Waals surface area contributed by atoms with Crippen LogP contribution in [0.5, 0.6) is 0 Å². The Morgan fingerprint density at radius 2 is 2.13 bits per heavy atom. The summed E-state index contributed by atoms with van der Waals surface area (Å²) in [5.74, 6) is 2.03. The lowest BCUT2D eigenvalue weighted by Crippen LogP contribution is -2.23. The van der Waals surface area contributed by atoms with Gasteiger partial charge in [-0.2, -0.15) is 0 Å². The Morgan fingerprint density at radius 1 is 1.27 bits per heavy atom. The highest BCUT2D eigenvalue weighted by Crippen LogP contribution is 2.55. The van der Waals surface area contributed by atoms with Gasteiger partial charge in [0.1, 0.15) is 17.3 Å². The van der Waals surface area contributed by atoms with Crippen molar-refractivity contribution in [2.45, 2.75) is 37.8 Å². The molecule has 3 atom stereocenters. The first-order valence-corrected chi connectivity index (χ1v) is 10.3. The zero-order valence-electron chi connectivity index (χ0n) is 16.9. The van der Waals surface area contributed by atoms with E-state index in [4.69, 9.17) is 15.1 Å². The summed E-state index contributed by atoms with van der Waals surface area (Å²) in [4.78, 5) is 14.2. The molecule has 3 aromatic rings. The van der Waals surface area contributed by atoms with Crippen molar-refractivity contribution in [2.24, 2.45) is 0 Å². The molecule has 0 radical (unpaired) electrons. The molecule has 3 N–H and O–H groups in total. The van der Waals surface area contributed by atoms with Crippen LogP contribution in [-0.4, -0.2) is 49.0 Å². The third-order valence-corrected chi connectivity index (χ3v) is 6.06. The Labute approximate surface area is 175 Å². The number of anilines is 1. The Kier molecular flexibility index (Phi) is 4.64. The summed E-state index contributed by atoms with van der Waals surface area (Å²) in [6.45, 7) is 6.26. The minimum absolute atomic E-state index is 0.227. The molecule has 7 heteroatoms. The number of fused-ring (bicyclic) bond motifs is 5. The van der Waals surface area contributed by atoms with Crippen molar-refractivity contribution in [3.05, 3.63) is 60.2 Å². The van der Waals surface area contributed by atoms with Crippen LogP contribution in [0.1, 0.15) is 36.3 Å². The molecule has 4 heterocycles. The van der Waals surface area contributed by atoms with Gasteiger partial charge < -0.3 is 20.1 Å². The number of aromatic nitrogens is 4. The second kappa shape index (κ2) is 7.34. The summed E-state index contributed by atoms with van der Waals surface area (Å²) < 4.78 is 2.33. The van der Waals surface area contributed by atoms with E-state index in [1.54, 1.807) is 6.20 Å². The van der Waals surface area contributed by atoms with Crippen molar-refractivity contribution in [1.82, 2.24) is 19.5 Å². The fourth-order valence-electron chi connectivity index (χ4n) is 4.62. The smallest absolute Gasteiger partial charge is 0.126 e. The maximum absolute atomic E-state index is 9.65. The third kappa shape index (κ3) is 3.02. The fraction of sp³-hybridized carbons (Fsp3) is 0.348. The van der Waals surface area contributed by atoms with Gasteiger partial charge in [-0.25, -0.2) is 9.97 Å². The van der Waals surface area contributed by atoms with Crippen LogP contribution < -0.4 is 5.32 Å². The number of hydrogen-bond acceptors (Lipinski definition) is 6. The van der Waals surface area contributed by atoms with Crippen molar-refractivity contribution in [1.29, 1.82) is 0 Å². The predicted molar refractivity (Wildman–Crippen MR) is 115 cm³/mol. The number of pyridine rings is 2. The van der Waals surface area contributed by atoms with E-state index in [1.165, 1.54) is 5.57 Å². The number of hydrogen-bond donors (Lipinski definition) is 3. The lowest BCUT2D eigenvalue weighted by molar-refractivity contribution is 0.105. The first-order chi connectivity index (χ1) is 14.6. The maximum Gasteiger partial charge on any atom is 0.126 e. The van der Waals surface area contributed by atoms with Crippen LogP contribution in [0.3, 0.4) is 0 Å². The largest absolute Gasteiger partial charge is 0.394 e. The molecule has 0 amide bonds. The minimum atomic E-state index is -0.833. The van der Waals surface area contributed by atoms with Crippen LogP contribution in [0.4, 0.5) is 5.82 Å². The highest BCUT2D eigenvalue weighted by Gasteiger charge is 2.44. The quantitative estimate of drug-likeness (QED) is 0.548. The van der Waals surface area contributed by atoms with Gasteiger partial charge in [0.2, 0.25) is 0 Å². The normalized spacial score (nSPS) is 20.4. The Bertz CT molecular complexity index is 1120. The summed E-state index contributed by atoms with van der Waals surface area (Å²) >= 11 is 0. The molecule has 2 bridgehead atoms. The number of rotatable bonds is 6. The zero-order valence-corrected chi connectivity index (χ0v) is 16.9. The SMILES string of the molecule is C=C1[C@H]2CC[C@@H]1n1c2nc(-c2cccc(C)n2)c1-c1ccnc(NC[C@H](O)CO)c1. The Morgan fingerprint density at radius 3 is 2.93 bits per heavy atom. The minimum Gasteiger partial charge on any atom is -0.394 e. The molecule has 1 fully saturated rings. The molecule has 2 aliphatic rings. The van der Waals surface area contributed by atoms with E-state index in [1.807, 2.05) is 37.3 Å². The number of allylic oxidation sites excluding steroid dienone is 1. The number of aliphatic hydroxyl groups excluding tert-OH is 2. The van der Waals surface area contributed by atoms with E-state index in [0.29, 0.717) is 11.7 Å². The molecular weight excluding hydrogens is 378 g/mol. The van der Waals surface area contributed by atoms with Crippen molar-refractivity contribution in [3.63, 3.8) is 0 Å². The number of imidazole rings is 1.